The highest BCUT2D eigenvalue weighted by Gasteiger charge is 2.09. The molecule has 0 radical (unpaired) electrons. The molecule has 2 N–H and O–H groups in total. The molecule has 0 saturated heterocycles. The van der Waals surface area contributed by atoms with Gasteiger partial charge in [0.2, 0.25) is 0 Å². The van der Waals surface area contributed by atoms with Crippen LogP contribution in [0.1, 0.15) is 13.8 Å². The second-order valence-corrected chi connectivity index (χ2v) is 6.64. The molecule has 1 aromatic heterocycles. The number of rotatable bonds is 6. The Labute approximate surface area is 146 Å². The highest BCUT2D eigenvalue weighted by molar-refractivity contribution is 7.99. The van der Waals surface area contributed by atoms with Crippen molar-refractivity contribution >= 4 is 28.8 Å². The van der Waals surface area contributed by atoms with E-state index >= 15 is 0 Å². The van der Waals surface area contributed by atoms with E-state index < -0.39 is 0 Å². The van der Waals surface area contributed by atoms with Crippen LogP contribution in [0, 0.1) is 0 Å². The van der Waals surface area contributed by atoms with E-state index in [1.807, 2.05) is 36.4 Å². The van der Waals surface area contributed by atoms with Gasteiger partial charge in [-0.15, -0.1) is 0 Å². The molecule has 0 unspecified atom stereocenters. The largest absolute Gasteiger partial charge is 0.382 e. The number of para-hydroxylation sites is 1. The number of nitrogens with one attached hydrogen (secondary N) is 2. The molecule has 0 fully saturated rings. The number of benzene rings is 2. The summed E-state index contributed by atoms with van der Waals surface area (Å²) in [5.74, 6) is 0. The minimum atomic E-state index is 0.356. The molecule has 0 aliphatic carbocycles. The van der Waals surface area contributed by atoms with Gasteiger partial charge in [0.1, 0.15) is 0 Å². The first-order valence-corrected chi connectivity index (χ1v) is 8.70. The highest BCUT2D eigenvalue weighted by Crippen LogP contribution is 2.34. The molecule has 0 aliphatic heterocycles. The van der Waals surface area contributed by atoms with Crippen molar-refractivity contribution in [3.05, 3.63) is 67.0 Å². The van der Waals surface area contributed by atoms with Gasteiger partial charge in [0, 0.05) is 40.4 Å². The SMILES string of the molecule is CC(C)Nc1ccc(Nc2ccccc2)cc1Sc1ncccn1. The first kappa shape index (κ1) is 16.3. The molecule has 3 aromatic rings. The van der Waals surface area contributed by atoms with Crippen molar-refractivity contribution in [3.63, 3.8) is 0 Å². The maximum Gasteiger partial charge on any atom is 0.192 e. The number of hydrogen-bond donors (Lipinski definition) is 2. The minimum Gasteiger partial charge on any atom is -0.382 e. The average Bonchev–Trinajstić information content (AvgIpc) is 2.59. The lowest BCUT2D eigenvalue weighted by Crippen LogP contribution is -2.10. The van der Waals surface area contributed by atoms with Crippen LogP contribution in [0.3, 0.4) is 0 Å². The van der Waals surface area contributed by atoms with Gasteiger partial charge in [-0.25, -0.2) is 9.97 Å². The predicted molar refractivity (Wildman–Crippen MR) is 101 cm³/mol. The average molecular weight is 336 g/mol. The fraction of sp³-hybridized carbons (Fsp3) is 0.158. The van der Waals surface area contributed by atoms with Crippen molar-refractivity contribution in [1.29, 1.82) is 0 Å². The molecule has 3 rings (SSSR count). The first-order chi connectivity index (χ1) is 11.7. The Morgan fingerprint density at radius 1 is 0.875 bits per heavy atom. The summed E-state index contributed by atoms with van der Waals surface area (Å²) in [6.45, 7) is 4.26. The van der Waals surface area contributed by atoms with Gasteiger partial charge < -0.3 is 10.6 Å². The molecule has 0 bridgehead atoms. The molecule has 1 heterocycles. The summed E-state index contributed by atoms with van der Waals surface area (Å²) >= 11 is 1.56. The van der Waals surface area contributed by atoms with Crippen LogP contribution < -0.4 is 10.6 Å². The molecular formula is C19H20N4S. The standard InChI is InChI=1S/C19H20N4S/c1-14(2)22-17-10-9-16(23-15-7-4-3-5-8-15)13-18(17)24-19-20-11-6-12-21-19/h3-14,22-23H,1-2H3. The van der Waals surface area contributed by atoms with Crippen LogP contribution in [-0.2, 0) is 0 Å². The van der Waals surface area contributed by atoms with Gasteiger partial charge in [0.15, 0.2) is 5.16 Å². The van der Waals surface area contributed by atoms with Gasteiger partial charge in [-0.05, 0) is 62.0 Å². The van der Waals surface area contributed by atoms with Crippen molar-refractivity contribution in [2.75, 3.05) is 10.6 Å². The van der Waals surface area contributed by atoms with Crippen LogP contribution in [0.25, 0.3) is 0 Å². The first-order valence-electron chi connectivity index (χ1n) is 7.88. The maximum absolute atomic E-state index is 4.31. The maximum atomic E-state index is 4.31. The number of aromatic nitrogens is 2. The Morgan fingerprint density at radius 3 is 2.33 bits per heavy atom. The molecule has 4 nitrogen and oxygen atoms in total. The van der Waals surface area contributed by atoms with Gasteiger partial charge in [0.25, 0.3) is 0 Å². The smallest absolute Gasteiger partial charge is 0.192 e. The molecule has 0 atom stereocenters. The Balaban J connectivity index is 1.88. The van der Waals surface area contributed by atoms with E-state index in [1.54, 1.807) is 24.2 Å². The third-order valence-corrected chi connectivity index (χ3v) is 4.18. The van der Waals surface area contributed by atoms with Gasteiger partial charge in [-0.1, -0.05) is 18.2 Å². The summed E-state index contributed by atoms with van der Waals surface area (Å²) in [6, 6.07) is 18.6. The summed E-state index contributed by atoms with van der Waals surface area (Å²) < 4.78 is 0. The Morgan fingerprint density at radius 2 is 1.62 bits per heavy atom. The molecule has 0 spiro atoms. The van der Waals surface area contributed by atoms with Crippen LogP contribution in [-0.4, -0.2) is 16.0 Å². The normalized spacial score (nSPS) is 10.6. The quantitative estimate of drug-likeness (QED) is 0.607. The van der Waals surface area contributed by atoms with E-state index in [0.717, 1.165) is 27.1 Å². The zero-order valence-corrected chi connectivity index (χ0v) is 14.5. The Kier molecular flexibility index (Phi) is 5.33. The van der Waals surface area contributed by atoms with Crippen molar-refractivity contribution < 1.29 is 0 Å². The number of nitrogens with zero attached hydrogens (tertiary/aromatic N) is 2. The highest BCUT2D eigenvalue weighted by atomic mass is 32.2. The molecule has 0 saturated carbocycles. The van der Waals surface area contributed by atoms with Crippen molar-refractivity contribution in [3.8, 4) is 0 Å². The lowest BCUT2D eigenvalue weighted by atomic mass is 10.2. The minimum absolute atomic E-state index is 0.356. The number of hydrogen-bond acceptors (Lipinski definition) is 5. The number of anilines is 3. The van der Waals surface area contributed by atoms with Crippen LogP contribution >= 0.6 is 11.8 Å². The lowest BCUT2D eigenvalue weighted by Gasteiger charge is -2.16. The molecule has 5 heteroatoms. The second-order valence-electron chi connectivity index (χ2n) is 5.63. The van der Waals surface area contributed by atoms with Crippen LogP contribution in [0.15, 0.2) is 77.0 Å². The summed E-state index contributed by atoms with van der Waals surface area (Å²) in [5, 5.41) is 7.65. The monoisotopic (exact) mass is 336 g/mol. The third kappa shape index (κ3) is 4.49. The molecule has 122 valence electrons. The molecule has 0 amide bonds. The molecule has 0 aliphatic rings. The lowest BCUT2D eigenvalue weighted by molar-refractivity contribution is 0.893. The summed E-state index contributed by atoms with van der Waals surface area (Å²) in [5.41, 5.74) is 3.18. The van der Waals surface area contributed by atoms with Gasteiger partial charge >= 0.3 is 0 Å². The van der Waals surface area contributed by atoms with Crippen molar-refractivity contribution in [1.82, 2.24) is 9.97 Å². The summed E-state index contributed by atoms with van der Waals surface area (Å²) in [6.07, 6.45) is 3.52. The van der Waals surface area contributed by atoms with Gasteiger partial charge in [-0.3, -0.25) is 0 Å². The van der Waals surface area contributed by atoms with Gasteiger partial charge in [-0.2, -0.15) is 0 Å². The van der Waals surface area contributed by atoms with Crippen LogP contribution in [0.4, 0.5) is 17.1 Å². The molecule has 2 aromatic carbocycles. The van der Waals surface area contributed by atoms with Crippen molar-refractivity contribution in [2.45, 2.75) is 29.9 Å². The summed E-state index contributed by atoms with van der Waals surface area (Å²) in [7, 11) is 0. The Hall–Kier alpha value is -2.53. The topological polar surface area (TPSA) is 49.8 Å². The predicted octanol–water partition coefficient (Wildman–Crippen LogP) is 5.19. The van der Waals surface area contributed by atoms with Crippen molar-refractivity contribution in [2.24, 2.45) is 0 Å². The third-order valence-electron chi connectivity index (χ3n) is 3.23. The molecule has 24 heavy (non-hydrogen) atoms. The fourth-order valence-electron chi connectivity index (χ4n) is 2.24. The zero-order chi connectivity index (χ0) is 16.8. The second kappa shape index (κ2) is 7.84. The van der Waals surface area contributed by atoms with E-state index in [9.17, 15) is 0 Å². The fourth-order valence-corrected chi connectivity index (χ4v) is 3.09. The molecular weight excluding hydrogens is 316 g/mol. The van der Waals surface area contributed by atoms with E-state index in [0.29, 0.717) is 6.04 Å². The van der Waals surface area contributed by atoms with E-state index in [2.05, 4.69) is 52.6 Å². The van der Waals surface area contributed by atoms with Gasteiger partial charge in [0.05, 0.1) is 0 Å². The van der Waals surface area contributed by atoms with E-state index in [1.165, 1.54) is 0 Å². The van der Waals surface area contributed by atoms with E-state index in [4.69, 9.17) is 0 Å². The summed E-state index contributed by atoms with van der Waals surface area (Å²) in [4.78, 5) is 9.72. The van der Waals surface area contributed by atoms with Crippen LogP contribution in [0.5, 0.6) is 0 Å². The Bertz CT molecular complexity index is 776. The van der Waals surface area contributed by atoms with E-state index in [-0.39, 0.29) is 0 Å². The van der Waals surface area contributed by atoms with Crippen LogP contribution in [0.2, 0.25) is 0 Å². The zero-order valence-electron chi connectivity index (χ0n) is 13.7.